The van der Waals surface area contributed by atoms with Crippen molar-refractivity contribution in [2.45, 2.75) is 26.3 Å². The summed E-state index contributed by atoms with van der Waals surface area (Å²) in [4.78, 5) is 1.94. The van der Waals surface area contributed by atoms with Gasteiger partial charge >= 0.3 is 0 Å². The topological polar surface area (TPSA) is 94.6 Å². The van der Waals surface area contributed by atoms with E-state index >= 15 is 0 Å². The molecule has 0 saturated heterocycles. The van der Waals surface area contributed by atoms with E-state index in [-0.39, 0.29) is 0 Å². The van der Waals surface area contributed by atoms with Gasteiger partial charge in [-0.25, -0.2) is 0 Å². The van der Waals surface area contributed by atoms with Crippen molar-refractivity contribution < 1.29 is 4.42 Å². The average molecular weight is 322 g/mol. The van der Waals surface area contributed by atoms with Crippen LogP contribution in [0.3, 0.4) is 0 Å². The molecule has 0 spiro atoms. The lowest BCUT2D eigenvalue weighted by Gasteiger charge is -2.12. The van der Waals surface area contributed by atoms with Gasteiger partial charge in [0.15, 0.2) is 5.82 Å². The number of nitriles is 1. The monoisotopic (exact) mass is 322 g/mol. The zero-order chi connectivity index (χ0) is 17.1. The summed E-state index contributed by atoms with van der Waals surface area (Å²) in [7, 11) is 1.92. The van der Waals surface area contributed by atoms with Crippen LogP contribution < -0.4 is 4.90 Å². The number of hydrogen-bond acceptors (Lipinski definition) is 6. The Bertz CT molecular complexity index is 873. The number of anilines is 1. The van der Waals surface area contributed by atoms with Crippen LogP contribution in [0.5, 0.6) is 0 Å². The number of rotatable bonds is 5. The lowest BCUT2D eigenvalue weighted by atomic mass is 10.1. The molecule has 0 saturated carbocycles. The smallest absolute Gasteiger partial charge is 0.247 e. The van der Waals surface area contributed by atoms with Gasteiger partial charge < -0.3 is 9.32 Å². The Morgan fingerprint density at radius 3 is 2.83 bits per heavy atom. The Hall–Kier alpha value is -3.14. The molecule has 0 amide bonds. The van der Waals surface area contributed by atoms with E-state index in [0.717, 1.165) is 17.1 Å². The maximum absolute atomic E-state index is 8.97. The molecule has 0 unspecified atom stereocenters. The third-order valence-electron chi connectivity index (χ3n) is 3.68. The van der Waals surface area contributed by atoms with E-state index in [2.05, 4.69) is 40.3 Å². The number of H-pyrrole nitrogens is 1. The molecule has 0 atom stereocenters. The molecular formula is C17H18N6O. The predicted octanol–water partition coefficient (Wildman–Crippen LogP) is 3.09. The van der Waals surface area contributed by atoms with E-state index < -0.39 is 0 Å². The highest BCUT2D eigenvalue weighted by Crippen LogP contribution is 2.21. The highest BCUT2D eigenvalue weighted by Gasteiger charge is 2.14. The van der Waals surface area contributed by atoms with Gasteiger partial charge in [0.25, 0.3) is 0 Å². The Balaban J connectivity index is 1.74. The van der Waals surface area contributed by atoms with Crippen molar-refractivity contribution in [1.29, 1.82) is 5.26 Å². The second kappa shape index (κ2) is 6.54. The standard InChI is InChI=1S/C17H18N6O/c1-11(2)14-8-15(20-19-14)23(3)10-16-21-22-17(24-16)13-6-4-5-12(7-13)9-18/h4-8,11H,10H2,1-3H3,(H,19,20). The molecule has 0 fully saturated rings. The minimum absolute atomic E-state index is 0.391. The van der Waals surface area contributed by atoms with E-state index in [9.17, 15) is 0 Å². The first-order valence-electron chi connectivity index (χ1n) is 7.66. The van der Waals surface area contributed by atoms with Crippen LogP contribution in [0.25, 0.3) is 11.5 Å². The fourth-order valence-electron chi connectivity index (χ4n) is 2.26. The normalized spacial score (nSPS) is 10.8. The molecule has 0 radical (unpaired) electrons. The van der Waals surface area contributed by atoms with E-state index in [4.69, 9.17) is 9.68 Å². The Labute approximate surface area is 139 Å². The Kier molecular flexibility index (Phi) is 4.29. The quantitative estimate of drug-likeness (QED) is 0.775. The molecule has 24 heavy (non-hydrogen) atoms. The van der Waals surface area contributed by atoms with Gasteiger partial charge in [-0.1, -0.05) is 19.9 Å². The third-order valence-corrected chi connectivity index (χ3v) is 3.68. The zero-order valence-corrected chi connectivity index (χ0v) is 13.8. The molecule has 0 aliphatic heterocycles. The summed E-state index contributed by atoms with van der Waals surface area (Å²) < 4.78 is 5.70. The molecule has 122 valence electrons. The maximum atomic E-state index is 8.97. The van der Waals surface area contributed by atoms with Crippen LogP contribution in [-0.2, 0) is 6.54 Å². The molecule has 0 aliphatic rings. The molecule has 0 aliphatic carbocycles. The molecule has 7 heteroatoms. The van der Waals surface area contributed by atoms with Crippen LogP contribution in [-0.4, -0.2) is 27.4 Å². The van der Waals surface area contributed by atoms with Crippen molar-refractivity contribution >= 4 is 5.82 Å². The van der Waals surface area contributed by atoms with E-state index in [1.54, 1.807) is 18.2 Å². The number of hydrogen-bond donors (Lipinski definition) is 1. The highest BCUT2D eigenvalue weighted by molar-refractivity contribution is 5.55. The summed E-state index contributed by atoms with van der Waals surface area (Å²) in [6.07, 6.45) is 0. The van der Waals surface area contributed by atoms with Crippen molar-refractivity contribution in [3.63, 3.8) is 0 Å². The summed E-state index contributed by atoms with van der Waals surface area (Å²) >= 11 is 0. The van der Waals surface area contributed by atoms with Crippen molar-refractivity contribution in [3.05, 3.63) is 47.5 Å². The molecule has 1 N–H and O–H groups in total. The molecule has 2 aromatic heterocycles. The fourth-order valence-corrected chi connectivity index (χ4v) is 2.26. The van der Waals surface area contributed by atoms with Crippen LogP contribution in [0.15, 0.2) is 34.7 Å². The van der Waals surface area contributed by atoms with Crippen molar-refractivity contribution in [2.75, 3.05) is 11.9 Å². The molecule has 3 rings (SSSR count). The lowest BCUT2D eigenvalue weighted by molar-refractivity contribution is 0.503. The average Bonchev–Trinajstić information content (AvgIpc) is 3.24. The Morgan fingerprint density at radius 1 is 1.29 bits per heavy atom. The van der Waals surface area contributed by atoms with E-state index in [0.29, 0.717) is 29.8 Å². The summed E-state index contributed by atoms with van der Waals surface area (Å²) in [6.45, 7) is 4.67. The number of aromatic nitrogens is 4. The summed E-state index contributed by atoms with van der Waals surface area (Å²) in [5.41, 5.74) is 2.37. The Morgan fingerprint density at radius 2 is 2.12 bits per heavy atom. The summed E-state index contributed by atoms with van der Waals surface area (Å²) in [5, 5.41) is 24.4. The van der Waals surface area contributed by atoms with Crippen molar-refractivity contribution in [3.8, 4) is 17.5 Å². The first-order chi connectivity index (χ1) is 11.6. The molecule has 0 bridgehead atoms. The number of benzene rings is 1. The van der Waals surface area contributed by atoms with Crippen LogP contribution in [0.2, 0.25) is 0 Å². The lowest BCUT2D eigenvalue weighted by Crippen LogP contribution is -2.16. The van der Waals surface area contributed by atoms with Gasteiger partial charge in [-0.2, -0.15) is 10.4 Å². The van der Waals surface area contributed by atoms with Gasteiger partial charge in [-0.15, -0.1) is 10.2 Å². The minimum Gasteiger partial charge on any atom is -0.419 e. The van der Waals surface area contributed by atoms with Gasteiger partial charge in [0.05, 0.1) is 18.2 Å². The molecular weight excluding hydrogens is 304 g/mol. The van der Waals surface area contributed by atoms with E-state index in [1.165, 1.54) is 0 Å². The van der Waals surface area contributed by atoms with Gasteiger partial charge in [-0.3, -0.25) is 5.10 Å². The molecule has 2 heterocycles. The zero-order valence-electron chi connectivity index (χ0n) is 13.8. The predicted molar refractivity (Wildman–Crippen MR) is 89.2 cm³/mol. The first-order valence-corrected chi connectivity index (χ1v) is 7.66. The van der Waals surface area contributed by atoms with Gasteiger partial charge in [0.1, 0.15) is 0 Å². The molecule has 3 aromatic rings. The van der Waals surface area contributed by atoms with Crippen LogP contribution in [0.4, 0.5) is 5.82 Å². The number of aromatic amines is 1. The van der Waals surface area contributed by atoms with Gasteiger partial charge in [0.2, 0.25) is 11.8 Å². The highest BCUT2D eigenvalue weighted by atomic mass is 16.4. The minimum atomic E-state index is 0.391. The van der Waals surface area contributed by atoms with E-state index in [1.807, 2.05) is 24.1 Å². The van der Waals surface area contributed by atoms with Crippen LogP contribution in [0, 0.1) is 11.3 Å². The van der Waals surface area contributed by atoms with Gasteiger partial charge in [-0.05, 0) is 24.1 Å². The van der Waals surface area contributed by atoms with Gasteiger partial charge in [0, 0.05) is 24.4 Å². The second-order valence-electron chi connectivity index (χ2n) is 5.89. The third kappa shape index (κ3) is 3.27. The van der Waals surface area contributed by atoms with Crippen LogP contribution in [0.1, 0.15) is 36.9 Å². The largest absolute Gasteiger partial charge is 0.419 e. The molecule has 1 aromatic carbocycles. The maximum Gasteiger partial charge on any atom is 0.247 e. The van der Waals surface area contributed by atoms with Crippen molar-refractivity contribution in [2.24, 2.45) is 0 Å². The number of nitrogens with one attached hydrogen (secondary N) is 1. The number of nitrogens with zero attached hydrogens (tertiary/aromatic N) is 5. The second-order valence-corrected chi connectivity index (χ2v) is 5.89. The SMILES string of the molecule is CC(C)c1cc(N(C)Cc2nnc(-c3cccc(C#N)c3)o2)n[nH]1. The summed E-state index contributed by atoms with van der Waals surface area (Å²) in [6, 6.07) is 11.2. The first kappa shape index (κ1) is 15.7. The molecule has 7 nitrogen and oxygen atoms in total. The van der Waals surface area contributed by atoms with Crippen LogP contribution >= 0.6 is 0 Å². The fraction of sp³-hybridized carbons (Fsp3) is 0.294. The summed E-state index contributed by atoms with van der Waals surface area (Å²) in [5.74, 6) is 2.11. The van der Waals surface area contributed by atoms with Crippen molar-refractivity contribution in [1.82, 2.24) is 20.4 Å².